The van der Waals surface area contributed by atoms with Crippen LogP contribution < -0.4 is 10.1 Å². The van der Waals surface area contributed by atoms with Gasteiger partial charge in [0.1, 0.15) is 18.5 Å². The van der Waals surface area contributed by atoms with Crippen LogP contribution in [-0.4, -0.2) is 30.9 Å². The van der Waals surface area contributed by atoms with Gasteiger partial charge >= 0.3 is 0 Å². The summed E-state index contributed by atoms with van der Waals surface area (Å²) in [6.45, 7) is 7.51. The van der Waals surface area contributed by atoms with E-state index in [2.05, 4.69) is 30.1 Å². The third kappa shape index (κ3) is 6.28. The van der Waals surface area contributed by atoms with E-state index in [9.17, 15) is 5.11 Å². The molecule has 104 valence electrons. The summed E-state index contributed by atoms with van der Waals surface area (Å²) in [4.78, 5) is 0. The first-order valence-electron chi connectivity index (χ1n) is 6.62. The van der Waals surface area contributed by atoms with Gasteiger partial charge in [0.25, 0.3) is 0 Å². The molecule has 0 heterocycles. The van der Waals surface area contributed by atoms with Gasteiger partial charge in [-0.15, -0.1) is 11.8 Å². The number of aliphatic hydroxyl groups excluding tert-OH is 1. The van der Waals surface area contributed by atoms with Gasteiger partial charge in [-0.25, -0.2) is 0 Å². The van der Waals surface area contributed by atoms with Gasteiger partial charge in [0, 0.05) is 19.5 Å². The van der Waals surface area contributed by atoms with Crippen LogP contribution in [0.3, 0.4) is 0 Å². The van der Waals surface area contributed by atoms with Gasteiger partial charge in [-0.1, -0.05) is 17.7 Å². The molecule has 1 atom stereocenters. The van der Waals surface area contributed by atoms with Crippen molar-refractivity contribution in [3.63, 3.8) is 0 Å². The second kappa shape index (κ2) is 8.58. The van der Waals surface area contributed by atoms with E-state index in [4.69, 9.17) is 4.74 Å². The third-order valence-electron chi connectivity index (χ3n) is 2.75. The first-order chi connectivity index (χ1) is 9.13. The van der Waals surface area contributed by atoms with E-state index >= 15 is 0 Å². The van der Waals surface area contributed by atoms with Crippen LogP contribution in [0.2, 0.25) is 0 Å². The van der Waals surface area contributed by atoms with E-state index < -0.39 is 6.10 Å². The molecule has 1 aromatic rings. The van der Waals surface area contributed by atoms with E-state index in [-0.39, 0.29) is 0 Å². The lowest BCUT2D eigenvalue weighted by molar-refractivity contribution is 0.106. The van der Waals surface area contributed by atoms with Crippen molar-refractivity contribution >= 4 is 0 Å². The molecular weight excluding hydrogens is 238 g/mol. The standard InChI is InChI=1S/C16H23NO2/c1-4-5-6-9-17-11-15(18)12-19-16-8-7-13(2)10-14(16)3/h7-8,10,15,17-18H,6,9,11-12H2,1-3H3. The molecule has 1 aromatic carbocycles. The highest BCUT2D eigenvalue weighted by Gasteiger charge is 2.06. The van der Waals surface area contributed by atoms with Crippen molar-refractivity contribution in [1.29, 1.82) is 0 Å². The number of hydrogen-bond donors (Lipinski definition) is 2. The number of benzene rings is 1. The van der Waals surface area contributed by atoms with Crippen molar-refractivity contribution in [2.45, 2.75) is 33.3 Å². The molecule has 0 aromatic heterocycles. The molecule has 1 rings (SSSR count). The van der Waals surface area contributed by atoms with Gasteiger partial charge in [-0.05, 0) is 32.4 Å². The zero-order valence-electron chi connectivity index (χ0n) is 12.0. The summed E-state index contributed by atoms with van der Waals surface area (Å²) < 4.78 is 5.61. The van der Waals surface area contributed by atoms with Gasteiger partial charge < -0.3 is 15.2 Å². The van der Waals surface area contributed by atoms with Crippen molar-refractivity contribution in [3.8, 4) is 17.6 Å². The first-order valence-corrected chi connectivity index (χ1v) is 6.62. The highest BCUT2D eigenvalue weighted by molar-refractivity contribution is 5.35. The Hall–Kier alpha value is -1.50. The predicted molar refractivity (Wildman–Crippen MR) is 78.4 cm³/mol. The van der Waals surface area contributed by atoms with Crippen molar-refractivity contribution < 1.29 is 9.84 Å². The second-order valence-electron chi connectivity index (χ2n) is 4.61. The largest absolute Gasteiger partial charge is 0.491 e. The molecule has 0 saturated carbocycles. The molecule has 0 aliphatic heterocycles. The Morgan fingerprint density at radius 1 is 1.37 bits per heavy atom. The fourth-order valence-corrected chi connectivity index (χ4v) is 1.75. The predicted octanol–water partition coefficient (Wildman–Crippen LogP) is 2.05. The lowest BCUT2D eigenvalue weighted by Gasteiger charge is -2.14. The fourth-order valence-electron chi connectivity index (χ4n) is 1.75. The Bertz CT molecular complexity index is 446. The van der Waals surface area contributed by atoms with Crippen LogP contribution in [0.25, 0.3) is 0 Å². The van der Waals surface area contributed by atoms with Crippen molar-refractivity contribution in [3.05, 3.63) is 29.3 Å². The van der Waals surface area contributed by atoms with E-state index in [1.165, 1.54) is 5.56 Å². The molecule has 0 amide bonds. The Morgan fingerprint density at radius 2 is 2.16 bits per heavy atom. The number of hydrogen-bond acceptors (Lipinski definition) is 3. The van der Waals surface area contributed by atoms with Crippen molar-refractivity contribution in [2.75, 3.05) is 19.7 Å². The molecule has 0 fully saturated rings. The van der Waals surface area contributed by atoms with Crippen LogP contribution in [0.15, 0.2) is 18.2 Å². The molecule has 19 heavy (non-hydrogen) atoms. The maximum atomic E-state index is 9.79. The molecule has 0 bridgehead atoms. The highest BCUT2D eigenvalue weighted by Crippen LogP contribution is 2.18. The molecule has 0 aliphatic rings. The van der Waals surface area contributed by atoms with Gasteiger partial charge in [0.15, 0.2) is 0 Å². The summed E-state index contributed by atoms with van der Waals surface area (Å²) in [6, 6.07) is 6.03. The smallest absolute Gasteiger partial charge is 0.122 e. The lowest BCUT2D eigenvalue weighted by Crippen LogP contribution is -2.32. The number of nitrogens with one attached hydrogen (secondary N) is 1. The van der Waals surface area contributed by atoms with Gasteiger partial charge in [-0.3, -0.25) is 0 Å². The maximum Gasteiger partial charge on any atom is 0.122 e. The molecular formula is C16H23NO2. The van der Waals surface area contributed by atoms with Crippen LogP contribution in [0, 0.1) is 25.7 Å². The third-order valence-corrected chi connectivity index (χ3v) is 2.75. The van der Waals surface area contributed by atoms with E-state index in [0.29, 0.717) is 13.2 Å². The summed E-state index contributed by atoms with van der Waals surface area (Å²) >= 11 is 0. The minimum atomic E-state index is -0.504. The van der Waals surface area contributed by atoms with E-state index in [1.54, 1.807) is 0 Å². The van der Waals surface area contributed by atoms with Crippen LogP contribution >= 0.6 is 0 Å². The van der Waals surface area contributed by atoms with Crippen molar-refractivity contribution in [2.24, 2.45) is 0 Å². The molecule has 3 nitrogen and oxygen atoms in total. The summed E-state index contributed by atoms with van der Waals surface area (Å²) in [5.74, 6) is 6.64. The molecule has 0 radical (unpaired) electrons. The van der Waals surface area contributed by atoms with Crippen LogP contribution in [0.5, 0.6) is 5.75 Å². The SMILES string of the molecule is CC#CCCNCC(O)COc1ccc(C)cc1C. The van der Waals surface area contributed by atoms with E-state index in [0.717, 1.165) is 24.3 Å². The quantitative estimate of drug-likeness (QED) is 0.583. The normalized spacial score (nSPS) is 11.6. The molecule has 2 N–H and O–H groups in total. The summed E-state index contributed by atoms with van der Waals surface area (Å²) in [7, 11) is 0. The Balaban J connectivity index is 2.25. The molecule has 0 saturated heterocycles. The van der Waals surface area contributed by atoms with Crippen LogP contribution in [-0.2, 0) is 0 Å². The van der Waals surface area contributed by atoms with Crippen molar-refractivity contribution in [1.82, 2.24) is 5.32 Å². The average molecular weight is 261 g/mol. The summed E-state index contributed by atoms with van der Waals surface area (Å²) in [6.07, 6.45) is 0.302. The molecule has 0 aliphatic carbocycles. The maximum absolute atomic E-state index is 9.79. The van der Waals surface area contributed by atoms with Gasteiger partial charge in [0.2, 0.25) is 0 Å². The number of aryl methyl sites for hydroxylation is 2. The first kappa shape index (κ1) is 15.6. The number of aliphatic hydroxyl groups is 1. The van der Waals surface area contributed by atoms with Gasteiger partial charge in [0.05, 0.1) is 0 Å². The van der Waals surface area contributed by atoms with Crippen LogP contribution in [0.1, 0.15) is 24.5 Å². The molecule has 3 heteroatoms. The second-order valence-corrected chi connectivity index (χ2v) is 4.61. The van der Waals surface area contributed by atoms with E-state index in [1.807, 2.05) is 26.0 Å². The molecule has 0 spiro atoms. The summed E-state index contributed by atoms with van der Waals surface area (Å²) in [5.41, 5.74) is 2.31. The monoisotopic (exact) mass is 261 g/mol. The molecule has 1 unspecified atom stereocenters. The minimum absolute atomic E-state index is 0.302. The van der Waals surface area contributed by atoms with Crippen LogP contribution in [0.4, 0.5) is 0 Å². The average Bonchev–Trinajstić information content (AvgIpc) is 2.37. The highest BCUT2D eigenvalue weighted by atomic mass is 16.5. The number of ether oxygens (including phenoxy) is 1. The zero-order chi connectivity index (χ0) is 14.1. The fraction of sp³-hybridized carbons (Fsp3) is 0.500. The minimum Gasteiger partial charge on any atom is -0.491 e. The number of rotatable bonds is 7. The zero-order valence-corrected chi connectivity index (χ0v) is 12.0. The lowest BCUT2D eigenvalue weighted by atomic mass is 10.1. The summed E-state index contributed by atoms with van der Waals surface area (Å²) in [5, 5.41) is 12.9. The topological polar surface area (TPSA) is 41.5 Å². The van der Waals surface area contributed by atoms with Gasteiger partial charge in [-0.2, -0.15) is 0 Å². The Labute approximate surface area is 116 Å². The Kier molecular flexibility index (Phi) is 7.02. The Morgan fingerprint density at radius 3 is 2.84 bits per heavy atom.